The summed E-state index contributed by atoms with van der Waals surface area (Å²) in [5.41, 5.74) is 6.67. The molecule has 1 heteroatoms. The van der Waals surface area contributed by atoms with E-state index in [1.54, 1.807) is 0 Å². The van der Waals surface area contributed by atoms with E-state index in [1.165, 1.54) is 77.0 Å². The SMILES string of the molecule is NCC1(CC2CCCC2)CCCCCCC1. The van der Waals surface area contributed by atoms with Gasteiger partial charge in [0.05, 0.1) is 0 Å². The Kier molecular flexibility index (Phi) is 4.69. The molecule has 0 atom stereocenters. The van der Waals surface area contributed by atoms with Crippen LogP contribution in [0.25, 0.3) is 0 Å². The molecular formula is C15H29N. The Labute approximate surface area is 101 Å². The molecular weight excluding hydrogens is 194 g/mol. The molecule has 2 saturated carbocycles. The maximum atomic E-state index is 6.14. The highest BCUT2D eigenvalue weighted by Crippen LogP contribution is 2.42. The summed E-state index contributed by atoms with van der Waals surface area (Å²) in [6.45, 7) is 0.948. The third kappa shape index (κ3) is 3.23. The highest BCUT2D eigenvalue weighted by Gasteiger charge is 2.32. The van der Waals surface area contributed by atoms with Gasteiger partial charge in [-0.15, -0.1) is 0 Å². The highest BCUT2D eigenvalue weighted by atomic mass is 14.6. The van der Waals surface area contributed by atoms with Crippen LogP contribution < -0.4 is 5.73 Å². The summed E-state index contributed by atoms with van der Waals surface area (Å²) >= 11 is 0. The molecule has 0 aromatic rings. The van der Waals surface area contributed by atoms with Crippen LogP contribution in [0.2, 0.25) is 0 Å². The van der Waals surface area contributed by atoms with Gasteiger partial charge in [-0.05, 0) is 37.1 Å². The summed E-state index contributed by atoms with van der Waals surface area (Å²) < 4.78 is 0. The second-order valence-corrected chi connectivity index (χ2v) is 6.33. The van der Waals surface area contributed by atoms with Crippen LogP contribution in [0.4, 0.5) is 0 Å². The average Bonchev–Trinajstić information content (AvgIpc) is 2.75. The molecule has 94 valence electrons. The van der Waals surface area contributed by atoms with Gasteiger partial charge in [-0.25, -0.2) is 0 Å². The van der Waals surface area contributed by atoms with E-state index in [-0.39, 0.29) is 0 Å². The molecule has 0 spiro atoms. The summed E-state index contributed by atoms with van der Waals surface area (Å²) in [5.74, 6) is 1.02. The van der Waals surface area contributed by atoms with Crippen LogP contribution in [0, 0.1) is 11.3 Å². The van der Waals surface area contributed by atoms with Gasteiger partial charge in [0.2, 0.25) is 0 Å². The molecule has 2 rings (SSSR count). The van der Waals surface area contributed by atoms with Crippen molar-refractivity contribution in [2.45, 2.75) is 77.0 Å². The number of hydrogen-bond donors (Lipinski definition) is 1. The second kappa shape index (κ2) is 6.05. The van der Waals surface area contributed by atoms with E-state index in [9.17, 15) is 0 Å². The van der Waals surface area contributed by atoms with Crippen molar-refractivity contribution < 1.29 is 0 Å². The van der Waals surface area contributed by atoms with Crippen LogP contribution in [0.5, 0.6) is 0 Å². The van der Waals surface area contributed by atoms with Gasteiger partial charge >= 0.3 is 0 Å². The first kappa shape index (κ1) is 12.4. The summed E-state index contributed by atoms with van der Waals surface area (Å²) in [6, 6.07) is 0. The lowest BCUT2D eigenvalue weighted by molar-refractivity contribution is 0.167. The zero-order valence-corrected chi connectivity index (χ0v) is 10.8. The van der Waals surface area contributed by atoms with Crippen molar-refractivity contribution in [3.63, 3.8) is 0 Å². The summed E-state index contributed by atoms with van der Waals surface area (Å²) in [4.78, 5) is 0. The monoisotopic (exact) mass is 223 g/mol. The molecule has 0 saturated heterocycles. The van der Waals surface area contributed by atoms with E-state index in [4.69, 9.17) is 5.73 Å². The van der Waals surface area contributed by atoms with Crippen molar-refractivity contribution in [3.05, 3.63) is 0 Å². The molecule has 0 amide bonds. The Morgan fingerprint density at radius 2 is 1.38 bits per heavy atom. The first-order valence-corrected chi connectivity index (χ1v) is 7.55. The molecule has 0 radical (unpaired) electrons. The lowest BCUT2D eigenvalue weighted by Gasteiger charge is -2.36. The van der Waals surface area contributed by atoms with Crippen LogP contribution in [-0.4, -0.2) is 6.54 Å². The van der Waals surface area contributed by atoms with Gasteiger partial charge in [0.1, 0.15) is 0 Å². The predicted molar refractivity (Wildman–Crippen MR) is 70.4 cm³/mol. The van der Waals surface area contributed by atoms with E-state index in [0.717, 1.165) is 12.5 Å². The molecule has 0 aliphatic heterocycles. The summed E-state index contributed by atoms with van der Waals surface area (Å²) in [7, 11) is 0. The summed E-state index contributed by atoms with van der Waals surface area (Å²) in [6.07, 6.45) is 17.4. The number of hydrogen-bond acceptors (Lipinski definition) is 1. The zero-order valence-electron chi connectivity index (χ0n) is 10.8. The smallest absolute Gasteiger partial charge is 0.00204 e. The lowest BCUT2D eigenvalue weighted by Crippen LogP contribution is -2.33. The van der Waals surface area contributed by atoms with Crippen LogP contribution in [0.15, 0.2) is 0 Å². The standard InChI is InChI=1S/C15H29N/c16-13-15(12-14-8-4-5-9-14)10-6-2-1-3-7-11-15/h14H,1-13,16H2. The Hall–Kier alpha value is -0.0400. The van der Waals surface area contributed by atoms with Crippen LogP contribution in [0.1, 0.15) is 77.0 Å². The quantitative estimate of drug-likeness (QED) is 0.760. The van der Waals surface area contributed by atoms with E-state index in [1.807, 2.05) is 0 Å². The van der Waals surface area contributed by atoms with Crippen LogP contribution in [0.3, 0.4) is 0 Å². The molecule has 16 heavy (non-hydrogen) atoms. The molecule has 0 bridgehead atoms. The third-order valence-electron chi connectivity index (χ3n) is 5.04. The fraction of sp³-hybridized carbons (Fsp3) is 1.00. The average molecular weight is 223 g/mol. The van der Waals surface area contributed by atoms with Crippen molar-refractivity contribution in [2.24, 2.45) is 17.1 Å². The fourth-order valence-electron chi connectivity index (χ4n) is 3.97. The Balaban J connectivity index is 1.91. The van der Waals surface area contributed by atoms with Gasteiger partial charge in [0, 0.05) is 0 Å². The largest absolute Gasteiger partial charge is 0.330 e. The topological polar surface area (TPSA) is 26.0 Å². The highest BCUT2D eigenvalue weighted by molar-refractivity contribution is 4.85. The molecule has 0 unspecified atom stereocenters. The van der Waals surface area contributed by atoms with E-state index >= 15 is 0 Å². The first-order valence-electron chi connectivity index (χ1n) is 7.55. The second-order valence-electron chi connectivity index (χ2n) is 6.33. The minimum absolute atomic E-state index is 0.537. The van der Waals surface area contributed by atoms with Crippen molar-refractivity contribution in [3.8, 4) is 0 Å². The Bertz CT molecular complexity index is 186. The normalized spacial score (nSPS) is 27.6. The molecule has 1 nitrogen and oxygen atoms in total. The van der Waals surface area contributed by atoms with E-state index < -0.39 is 0 Å². The third-order valence-corrected chi connectivity index (χ3v) is 5.04. The number of rotatable bonds is 3. The Morgan fingerprint density at radius 3 is 1.94 bits per heavy atom. The van der Waals surface area contributed by atoms with E-state index in [2.05, 4.69) is 0 Å². The molecule has 0 aromatic carbocycles. The van der Waals surface area contributed by atoms with Crippen molar-refractivity contribution in [1.82, 2.24) is 0 Å². The van der Waals surface area contributed by atoms with Crippen molar-refractivity contribution >= 4 is 0 Å². The Morgan fingerprint density at radius 1 is 0.812 bits per heavy atom. The minimum atomic E-state index is 0.537. The molecule has 2 fully saturated rings. The minimum Gasteiger partial charge on any atom is -0.330 e. The van der Waals surface area contributed by atoms with Gasteiger partial charge < -0.3 is 5.73 Å². The van der Waals surface area contributed by atoms with Crippen LogP contribution in [-0.2, 0) is 0 Å². The predicted octanol–water partition coefficient (Wildman–Crippen LogP) is 4.26. The van der Waals surface area contributed by atoms with Gasteiger partial charge in [0.25, 0.3) is 0 Å². The van der Waals surface area contributed by atoms with Crippen molar-refractivity contribution in [1.29, 1.82) is 0 Å². The lowest BCUT2D eigenvalue weighted by atomic mass is 9.70. The summed E-state index contributed by atoms with van der Waals surface area (Å²) in [5, 5.41) is 0. The van der Waals surface area contributed by atoms with Gasteiger partial charge in [0.15, 0.2) is 0 Å². The van der Waals surface area contributed by atoms with Gasteiger partial charge in [-0.2, -0.15) is 0 Å². The van der Waals surface area contributed by atoms with Gasteiger partial charge in [-0.3, -0.25) is 0 Å². The fourth-order valence-corrected chi connectivity index (χ4v) is 3.97. The maximum absolute atomic E-state index is 6.14. The van der Waals surface area contributed by atoms with E-state index in [0.29, 0.717) is 5.41 Å². The first-order chi connectivity index (χ1) is 7.85. The number of nitrogens with two attached hydrogens (primary N) is 1. The molecule has 2 aliphatic carbocycles. The molecule has 0 heterocycles. The maximum Gasteiger partial charge on any atom is -0.00204 e. The van der Waals surface area contributed by atoms with Gasteiger partial charge in [-0.1, -0.05) is 57.8 Å². The molecule has 2 N–H and O–H groups in total. The van der Waals surface area contributed by atoms with Crippen LogP contribution >= 0.6 is 0 Å². The molecule has 0 aromatic heterocycles. The molecule has 2 aliphatic rings. The van der Waals surface area contributed by atoms with Crippen molar-refractivity contribution in [2.75, 3.05) is 6.54 Å². The zero-order chi connectivity index (χ0) is 11.3.